The van der Waals surface area contributed by atoms with Gasteiger partial charge >= 0.3 is 0 Å². The van der Waals surface area contributed by atoms with Gasteiger partial charge in [-0.1, -0.05) is 6.07 Å². The van der Waals surface area contributed by atoms with Gasteiger partial charge < -0.3 is 14.0 Å². The third kappa shape index (κ3) is 3.04. The molecule has 122 valence electrons. The summed E-state index contributed by atoms with van der Waals surface area (Å²) < 4.78 is 12.9. The summed E-state index contributed by atoms with van der Waals surface area (Å²) in [5.41, 5.74) is 4.22. The third-order valence-corrected chi connectivity index (χ3v) is 4.08. The summed E-state index contributed by atoms with van der Waals surface area (Å²) in [6, 6.07) is 13.8. The lowest BCUT2D eigenvalue weighted by molar-refractivity contribution is 0.289. The Hall–Kier alpha value is -3.00. The highest BCUT2D eigenvalue weighted by molar-refractivity contribution is 5.78. The first-order valence-corrected chi connectivity index (χ1v) is 7.72. The summed E-state index contributed by atoms with van der Waals surface area (Å²) in [5, 5.41) is 9.14. The number of methoxy groups -OCH3 is 1. The molecule has 0 aliphatic carbocycles. The Bertz CT molecular complexity index is 922. The number of aromatic nitrogens is 2. The van der Waals surface area contributed by atoms with E-state index in [1.54, 1.807) is 7.11 Å². The van der Waals surface area contributed by atoms with Crippen LogP contribution in [0.4, 0.5) is 0 Å². The number of ether oxygens (including phenoxy) is 2. The standard InChI is InChI=1S/C19H19N3O2/c1-13-9-17-18(10-14(13)2)22(8-7-20)19(21-17)12-24-16-6-4-5-15(11-16)23-3/h4-6,9-11H,8,12H2,1-3H3. The molecule has 0 N–H and O–H groups in total. The number of aryl methyl sites for hydroxylation is 2. The number of imidazole rings is 1. The second-order valence-electron chi connectivity index (χ2n) is 5.67. The molecule has 0 fully saturated rings. The van der Waals surface area contributed by atoms with Gasteiger partial charge in [0.1, 0.15) is 30.5 Å². The highest BCUT2D eigenvalue weighted by atomic mass is 16.5. The van der Waals surface area contributed by atoms with E-state index in [9.17, 15) is 0 Å². The minimum absolute atomic E-state index is 0.246. The van der Waals surface area contributed by atoms with Crippen molar-refractivity contribution in [2.24, 2.45) is 0 Å². The van der Waals surface area contributed by atoms with E-state index in [1.165, 1.54) is 11.1 Å². The average molecular weight is 321 g/mol. The van der Waals surface area contributed by atoms with E-state index in [2.05, 4.69) is 31.0 Å². The van der Waals surface area contributed by atoms with Crippen molar-refractivity contribution in [3.05, 3.63) is 53.3 Å². The Morgan fingerprint density at radius 1 is 1.12 bits per heavy atom. The van der Waals surface area contributed by atoms with Gasteiger partial charge in [0.05, 0.1) is 24.2 Å². The molecule has 0 saturated heterocycles. The van der Waals surface area contributed by atoms with E-state index < -0.39 is 0 Å². The predicted molar refractivity (Wildman–Crippen MR) is 92.1 cm³/mol. The molecule has 1 heterocycles. The first kappa shape index (κ1) is 15.9. The molecule has 0 bridgehead atoms. The average Bonchev–Trinajstić information content (AvgIpc) is 2.91. The predicted octanol–water partition coefficient (Wildman–Crippen LogP) is 3.76. The zero-order valence-corrected chi connectivity index (χ0v) is 14.0. The van der Waals surface area contributed by atoms with Crippen molar-refractivity contribution in [1.29, 1.82) is 5.26 Å². The molecular formula is C19H19N3O2. The quantitative estimate of drug-likeness (QED) is 0.718. The first-order valence-electron chi connectivity index (χ1n) is 7.72. The summed E-state index contributed by atoms with van der Waals surface area (Å²) in [5.74, 6) is 2.18. The van der Waals surface area contributed by atoms with Crippen molar-refractivity contribution in [2.75, 3.05) is 7.11 Å². The lowest BCUT2D eigenvalue weighted by Gasteiger charge is -2.09. The molecule has 1 aromatic heterocycles. The fourth-order valence-electron chi connectivity index (χ4n) is 2.63. The largest absolute Gasteiger partial charge is 0.497 e. The van der Waals surface area contributed by atoms with Crippen molar-refractivity contribution in [2.45, 2.75) is 27.0 Å². The van der Waals surface area contributed by atoms with Crippen LogP contribution in [-0.2, 0) is 13.2 Å². The van der Waals surface area contributed by atoms with Gasteiger partial charge in [0.2, 0.25) is 0 Å². The van der Waals surface area contributed by atoms with Crippen LogP contribution in [0, 0.1) is 25.2 Å². The van der Waals surface area contributed by atoms with Gasteiger partial charge in [-0.15, -0.1) is 0 Å². The maximum absolute atomic E-state index is 9.14. The molecule has 5 nitrogen and oxygen atoms in total. The van der Waals surface area contributed by atoms with Crippen LogP contribution in [-0.4, -0.2) is 16.7 Å². The van der Waals surface area contributed by atoms with Crippen LogP contribution in [0.5, 0.6) is 11.5 Å². The maximum atomic E-state index is 9.14. The van der Waals surface area contributed by atoms with Crippen molar-refractivity contribution in [3.8, 4) is 17.6 Å². The molecule has 3 rings (SSSR count). The molecule has 5 heteroatoms. The Balaban J connectivity index is 1.93. The van der Waals surface area contributed by atoms with Crippen LogP contribution < -0.4 is 9.47 Å². The number of nitriles is 1. The second kappa shape index (κ2) is 6.63. The fraction of sp³-hybridized carbons (Fsp3) is 0.263. The molecule has 0 aliphatic rings. The van der Waals surface area contributed by atoms with Gasteiger partial charge in [-0.25, -0.2) is 4.98 Å². The number of rotatable bonds is 5. The Morgan fingerprint density at radius 2 is 1.88 bits per heavy atom. The molecule has 0 atom stereocenters. The zero-order chi connectivity index (χ0) is 17.1. The van der Waals surface area contributed by atoms with E-state index in [1.807, 2.05) is 34.9 Å². The van der Waals surface area contributed by atoms with E-state index in [0.717, 1.165) is 22.6 Å². The van der Waals surface area contributed by atoms with Gasteiger partial charge in [-0.3, -0.25) is 0 Å². The van der Waals surface area contributed by atoms with Gasteiger partial charge in [0.25, 0.3) is 0 Å². The summed E-state index contributed by atoms with van der Waals surface area (Å²) in [7, 11) is 1.62. The Morgan fingerprint density at radius 3 is 2.62 bits per heavy atom. The van der Waals surface area contributed by atoms with Crippen LogP contribution >= 0.6 is 0 Å². The van der Waals surface area contributed by atoms with Crippen molar-refractivity contribution < 1.29 is 9.47 Å². The molecule has 3 aromatic rings. The molecule has 0 unspecified atom stereocenters. The van der Waals surface area contributed by atoms with Gasteiger partial charge in [0.15, 0.2) is 0 Å². The summed E-state index contributed by atoms with van der Waals surface area (Å²) >= 11 is 0. The third-order valence-electron chi connectivity index (χ3n) is 4.08. The summed E-state index contributed by atoms with van der Waals surface area (Å²) in [4.78, 5) is 4.65. The number of benzene rings is 2. The minimum Gasteiger partial charge on any atom is -0.497 e. The smallest absolute Gasteiger partial charge is 0.148 e. The van der Waals surface area contributed by atoms with E-state index in [0.29, 0.717) is 12.4 Å². The van der Waals surface area contributed by atoms with Gasteiger partial charge in [-0.05, 0) is 49.2 Å². The minimum atomic E-state index is 0.246. The monoisotopic (exact) mass is 321 g/mol. The highest BCUT2D eigenvalue weighted by Crippen LogP contribution is 2.23. The van der Waals surface area contributed by atoms with Gasteiger partial charge in [-0.2, -0.15) is 5.26 Å². The summed E-state index contributed by atoms with van der Waals surface area (Å²) in [6.45, 7) is 4.66. The molecule has 24 heavy (non-hydrogen) atoms. The Kier molecular flexibility index (Phi) is 4.39. The lowest BCUT2D eigenvalue weighted by Crippen LogP contribution is -2.06. The second-order valence-corrected chi connectivity index (χ2v) is 5.67. The molecular weight excluding hydrogens is 302 g/mol. The molecule has 0 radical (unpaired) electrons. The van der Waals surface area contributed by atoms with Crippen molar-refractivity contribution >= 4 is 11.0 Å². The fourth-order valence-corrected chi connectivity index (χ4v) is 2.63. The maximum Gasteiger partial charge on any atom is 0.148 e. The van der Waals surface area contributed by atoms with Crippen LogP contribution in [0.1, 0.15) is 17.0 Å². The van der Waals surface area contributed by atoms with Crippen LogP contribution in [0.3, 0.4) is 0 Å². The van der Waals surface area contributed by atoms with E-state index in [4.69, 9.17) is 14.7 Å². The molecule has 0 amide bonds. The lowest BCUT2D eigenvalue weighted by atomic mass is 10.1. The molecule has 0 aliphatic heterocycles. The molecule has 0 saturated carbocycles. The van der Waals surface area contributed by atoms with Crippen molar-refractivity contribution in [1.82, 2.24) is 9.55 Å². The first-order chi connectivity index (χ1) is 11.6. The van der Waals surface area contributed by atoms with E-state index >= 15 is 0 Å². The SMILES string of the molecule is COc1cccc(OCc2nc3cc(C)c(C)cc3n2CC#N)c1. The topological polar surface area (TPSA) is 60.1 Å². The van der Waals surface area contributed by atoms with Crippen LogP contribution in [0.25, 0.3) is 11.0 Å². The zero-order valence-electron chi connectivity index (χ0n) is 14.0. The Labute approximate surface area is 141 Å². The number of hydrogen-bond acceptors (Lipinski definition) is 4. The van der Waals surface area contributed by atoms with Gasteiger partial charge in [0, 0.05) is 6.07 Å². The van der Waals surface area contributed by atoms with Crippen LogP contribution in [0.2, 0.25) is 0 Å². The number of nitrogens with zero attached hydrogens (tertiary/aromatic N) is 3. The molecule has 0 spiro atoms. The highest BCUT2D eigenvalue weighted by Gasteiger charge is 2.12. The number of fused-ring (bicyclic) bond motifs is 1. The normalized spacial score (nSPS) is 10.6. The van der Waals surface area contributed by atoms with E-state index in [-0.39, 0.29) is 6.54 Å². The summed E-state index contributed by atoms with van der Waals surface area (Å²) in [6.07, 6.45) is 0. The molecule has 2 aromatic carbocycles. The number of hydrogen-bond donors (Lipinski definition) is 0. The van der Waals surface area contributed by atoms with Crippen LogP contribution in [0.15, 0.2) is 36.4 Å². The van der Waals surface area contributed by atoms with Crippen molar-refractivity contribution in [3.63, 3.8) is 0 Å².